The Morgan fingerprint density at radius 3 is 2.54 bits per heavy atom. The van der Waals surface area contributed by atoms with Crippen LogP contribution in [0.4, 0.5) is 10.6 Å². The van der Waals surface area contributed by atoms with Crippen molar-refractivity contribution < 1.29 is 9.53 Å². The van der Waals surface area contributed by atoms with Crippen molar-refractivity contribution in [3.8, 4) is 0 Å². The van der Waals surface area contributed by atoms with Gasteiger partial charge in [0, 0.05) is 37.5 Å². The third-order valence-electron chi connectivity index (χ3n) is 4.24. The number of thiophene rings is 1. The molecule has 0 radical (unpaired) electrons. The number of fused-ring (bicyclic) bond motifs is 1. The van der Waals surface area contributed by atoms with Crippen molar-refractivity contribution in [2.45, 2.75) is 33.6 Å². The molecule has 6 nitrogen and oxygen atoms in total. The van der Waals surface area contributed by atoms with Gasteiger partial charge in [-0.3, -0.25) is 0 Å². The van der Waals surface area contributed by atoms with Crippen LogP contribution in [0.2, 0.25) is 0 Å². The van der Waals surface area contributed by atoms with Crippen LogP contribution in [-0.4, -0.2) is 53.7 Å². The normalized spacial score (nSPS) is 15.1. The van der Waals surface area contributed by atoms with E-state index in [2.05, 4.69) is 29.8 Å². The average molecular weight is 348 g/mol. The van der Waals surface area contributed by atoms with Crippen molar-refractivity contribution in [1.29, 1.82) is 0 Å². The van der Waals surface area contributed by atoms with Crippen molar-refractivity contribution in [2.75, 3.05) is 37.7 Å². The van der Waals surface area contributed by atoms with Crippen LogP contribution < -0.4 is 4.90 Å². The number of hydrogen-bond donors (Lipinski definition) is 0. The maximum absolute atomic E-state index is 11.9. The van der Waals surface area contributed by atoms with E-state index in [1.165, 1.54) is 4.88 Å². The fraction of sp³-hybridized carbons (Fsp3) is 0.588. The Kier molecular flexibility index (Phi) is 5.18. The Bertz CT molecular complexity index is 723. The van der Waals surface area contributed by atoms with E-state index in [1.807, 2.05) is 6.92 Å². The third kappa shape index (κ3) is 3.31. The lowest BCUT2D eigenvalue weighted by Crippen LogP contribution is -2.49. The molecule has 2 aromatic heterocycles. The van der Waals surface area contributed by atoms with E-state index in [9.17, 15) is 4.79 Å². The molecule has 0 N–H and O–H groups in total. The SMILES string of the molecule is CCOC(=O)N1CCN(c2nc(CC)nc3sc(CC)cc23)CC1. The Morgan fingerprint density at radius 1 is 1.17 bits per heavy atom. The predicted molar refractivity (Wildman–Crippen MR) is 97.0 cm³/mol. The van der Waals surface area contributed by atoms with Crippen LogP contribution in [0.3, 0.4) is 0 Å². The molecule has 0 aliphatic carbocycles. The van der Waals surface area contributed by atoms with Gasteiger partial charge in [-0.15, -0.1) is 11.3 Å². The van der Waals surface area contributed by atoms with Crippen molar-refractivity contribution in [3.63, 3.8) is 0 Å². The number of amides is 1. The van der Waals surface area contributed by atoms with Crippen LogP contribution in [0, 0.1) is 0 Å². The first kappa shape index (κ1) is 17.0. The van der Waals surface area contributed by atoms with E-state index in [4.69, 9.17) is 9.72 Å². The Labute approximate surface area is 146 Å². The molecule has 3 rings (SSSR count). The van der Waals surface area contributed by atoms with Gasteiger partial charge in [0.2, 0.25) is 0 Å². The van der Waals surface area contributed by atoms with E-state index in [0.717, 1.165) is 47.8 Å². The number of carbonyl (C=O) groups is 1. The van der Waals surface area contributed by atoms with Gasteiger partial charge in [0.15, 0.2) is 0 Å². The molecule has 3 heterocycles. The summed E-state index contributed by atoms with van der Waals surface area (Å²) in [5.41, 5.74) is 0. The van der Waals surface area contributed by atoms with E-state index in [-0.39, 0.29) is 6.09 Å². The first-order valence-electron chi connectivity index (χ1n) is 8.62. The summed E-state index contributed by atoms with van der Waals surface area (Å²) in [6, 6.07) is 2.21. The highest BCUT2D eigenvalue weighted by molar-refractivity contribution is 7.18. The molecule has 0 unspecified atom stereocenters. The molecule has 24 heavy (non-hydrogen) atoms. The topological polar surface area (TPSA) is 58.6 Å². The number of aromatic nitrogens is 2. The monoisotopic (exact) mass is 348 g/mol. The maximum atomic E-state index is 11.9. The van der Waals surface area contributed by atoms with Crippen LogP contribution >= 0.6 is 11.3 Å². The fourth-order valence-electron chi connectivity index (χ4n) is 2.89. The number of nitrogens with zero attached hydrogens (tertiary/aromatic N) is 4. The number of aryl methyl sites for hydroxylation is 2. The molecule has 0 saturated carbocycles. The van der Waals surface area contributed by atoms with Crippen LogP contribution in [0.1, 0.15) is 31.5 Å². The van der Waals surface area contributed by atoms with Gasteiger partial charge in [0.1, 0.15) is 16.5 Å². The van der Waals surface area contributed by atoms with Gasteiger partial charge in [-0.05, 0) is 19.4 Å². The van der Waals surface area contributed by atoms with E-state index in [1.54, 1.807) is 16.2 Å². The minimum Gasteiger partial charge on any atom is -0.450 e. The van der Waals surface area contributed by atoms with Crippen LogP contribution in [-0.2, 0) is 17.6 Å². The van der Waals surface area contributed by atoms with Gasteiger partial charge in [-0.1, -0.05) is 13.8 Å². The summed E-state index contributed by atoms with van der Waals surface area (Å²) in [4.78, 5) is 27.8. The highest BCUT2D eigenvalue weighted by Crippen LogP contribution is 2.32. The summed E-state index contributed by atoms with van der Waals surface area (Å²) in [5.74, 6) is 1.89. The van der Waals surface area contributed by atoms with Gasteiger partial charge in [-0.2, -0.15) is 0 Å². The van der Waals surface area contributed by atoms with Crippen LogP contribution in [0.15, 0.2) is 6.07 Å². The molecule has 1 saturated heterocycles. The summed E-state index contributed by atoms with van der Waals surface area (Å²) < 4.78 is 5.09. The van der Waals surface area contributed by atoms with Crippen molar-refractivity contribution in [3.05, 3.63) is 16.8 Å². The van der Waals surface area contributed by atoms with E-state index >= 15 is 0 Å². The van der Waals surface area contributed by atoms with E-state index < -0.39 is 0 Å². The Balaban J connectivity index is 1.84. The molecule has 1 aliphatic heterocycles. The molecule has 7 heteroatoms. The third-order valence-corrected chi connectivity index (χ3v) is 5.41. The highest BCUT2D eigenvalue weighted by Gasteiger charge is 2.24. The second kappa shape index (κ2) is 7.34. The summed E-state index contributed by atoms with van der Waals surface area (Å²) >= 11 is 1.75. The molecule has 0 spiro atoms. The summed E-state index contributed by atoms with van der Waals surface area (Å²) in [7, 11) is 0. The lowest BCUT2D eigenvalue weighted by molar-refractivity contribution is 0.105. The van der Waals surface area contributed by atoms with Gasteiger partial charge in [0.25, 0.3) is 0 Å². The second-order valence-corrected chi connectivity index (χ2v) is 6.89. The molecule has 0 aromatic carbocycles. The zero-order valence-corrected chi connectivity index (χ0v) is 15.4. The molecule has 130 valence electrons. The zero-order valence-electron chi connectivity index (χ0n) is 14.5. The Hall–Kier alpha value is -1.89. The standard InChI is InChI=1S/C17H24N4O2S/c1-4-12-11-13-15(18-14(5-2)19-16(13)24-12)20-7-9-21(10-8-20)17(22)23-6-3/h11H,4-10H2,1-3H3. The maximum Gasteiger partial charge on any atom is 0.409 e. The number of ether oxygens (including phenoxy) is 1. The fourth-order valence-corrected chi connectivity index (χ4v) is 3.87. The van der Waals surface area contributed by atoms with Gasteiger partial charge < -0.3 is 14.5 Å². The highest BCUT2D eigenvalue weighted by atomic mass is 32.1. The second-order valence-electron chi connectivity index (χ2n) is 5.78. The van der Waals surface area contributed by atoms with Crippen LogP contribution in [0.5, 0.6) is 0 Å². The quantitative estimate of drug-likeness (QED) is 0.850. The molecule has 1 aliphatic rings. The first-order valence-corrected chi connectivity index (χ1v) is 9.43. The average Bonchev–Trinajstić information content (AvgIpc) is 3.04. The van der Waals surface area contributed by atoms with Crippen molar-refractivity contribution in [2.24, 2.45) is 0 Å². The first-order chi connectivity index (χ1) is 11.7. The number of piperazine rings is 1. The largest absolute Gasteiger partial charge is 0.450 e. The molecule has 0 bridgehead atoms. The lowest BCUT2D eigenvalue weighted by atomic mass is 10.2. The molecule has 1 fully saturated rings. The predicted octanol–water partition coefficient (Wildman–Crippen LogP) is 3.09. The van der Waals surface area contributed by atoms with Gasteiger partial charge in [-0.25, -0.2) is 14.8 Å². The molecular weight excluding hydrogens is 324 g/mol. The minimum absolute atomic E-state index is 0.219. The van der Waals surface area contributed by atoms with Gasteiger partial charge in [0.05, 0.1) is 12.0 Å². The molecule has 2 aromatic rings. The minimum atomic E-state index is -0.219. The Morgan fingerprint density at radius 2 is 1.92 bits per heavy atom. The molecule has 1 amide bonds. The number of hydrogen-bond acceptors (Lipinski definition) is 6. The molecular formula is C17H24N4O2S. The summed E-state index contributed by atoms with van der Waals surface area (Å²) in [6.07, 6.45) is 1.62. The van der Waals surface area contributed by atoms with Gasteiger partial charge >= 0.3 is 6.09 Å². The van der Waals surface area contributed by atoms with Crippen molar-refractivity contribution >= 4 is 33.5 Å². The van der Waals surface area contributed by atoms with Crippen molar-refractivity contribution in [1.82, 2.24) is 14.9 Å². The van der Waals surface area contributed by atoms with Crippen LogP contribution in [0.25, 0.3) is 10.2 Å². The number of rotatable bonds is 4. The summed E-state index contributed by atoms with van der Waals surface area (Å²) in [5, 5.41) is 1.14. The number of carbonyl (C=O) groups excluding carboxylic acids is 1. The molecule has 0 atom stereocenters. The zero-order chi connectivity index (χ0) is 17.1. The van der Waals surface area contributed by atoms with E-state index in [0.29, 0.717) is 19.7 Å². The summed E-state index contributed by atoms with van der Waals surface area (Å²) in [6.45, 7) is 9.36. The smallest absolute Gasteiger partial charge is 0.409 e. The lowest BCUT2D eigenvalue weighted by Gasteiger charge is -2.35. The number of anilines is 1.